The van der Waals surface area contributed by atoms with Gasteiger partial charge in [-0.25, -0.2) is 8.42 Å². The van der Waals surface area contributed by atoms with Crippen molar-refractivity contribution >= 4 is 21.6 Å². The zero-order valence-electron chi connectivity index (χ0n) is 16.4. The number of hydrogen-bond donors (Lipinski definition) is 1. The number of carbonyl (C=O) groups excluding carboxylic acids is 1. The summed E-state index contributed by atoms with van der Waals surface area (Å²) in [5.74, 6) is 0.523. The van der Waals surface area contributed by atoms with Crippen LogP contribution in [0.3, 0.4) is 0 Å². The number of amides is 1. The number of methoxy groups -OCH3 is 1. The molecule has 0 saturated heterocycles. The molecule has 6 nitrogen and oxygen atoms in total. The Hall–Kier alpha value is -2.54. The van der Waals surface area contributed by atoms with Crippen molar-refractivity contribution in [3.8, 4) is 5.75 Å². The molecule has 2 aromatic carbocycles. The van der Waals surface area contributed by atoms with Crippen molar-refractivity contribution in [1.29, 1.82) is 0 Å². The number of nitrogens with one attached hydrogen (secondary N) is 1. The van der Waals surface area contributed by atoms with Gasteiger partial charge in [0.05, 0.1) is 19.1 Å². The Kier molecular flexibility index (Phi) is 8.32. The number of rotatable bonds is 11. The van der Waals surface area contributed by atoms with Crippen LogP contribution in [0, 0.1) is 0 Å². The molecule has 0 aliphatic heterocycles. The standard InChI is InChI=1S/C21H28N2O4S/c1-27-20-13-6-12-19(17-20)23(28(2,25)26)16-8-14-21(24)22-15-7-11-18-9-4-3-5-10-18/h3-6,9-10,12-13,17H,7-8,11,14-16H2,1-2H3,(H,22,24). The molecule has 0 fully saturated rings. The van der Waals surface area contributed by atoms with E-state index in [4.69, 9.17) is 4.74 Å². The van der Waals surface area contributed by atoms with Crippen molar-refractivity contribution in [2.24, 2.45) is 0 Å². The predicted octanol–water partition coefficient (Wildman–Crippen LogP) is 2.99. The second kappa shape index (κ2) is 10.7. The lowest BCUT2D eigenvalue weighted by molar-refractivity contribution is -0.121. The number of carbonyl (C=O) groups is 1. The number of aryl methyl sites for hydroxylation is 1. The Morgan fingerprint density at radius 2 is 1.82 bits per heavy atom. The van der Waals surface area contributed by atoms with E-state index >= 15 is 0 Å². The molecule has 1 amide bonds. The third-order valence-corrected chi connectivity index (χ3v) is 5.51. The van der Waals surface area contributed by atoms with Crippen molar-refractivity contribution in [3.05, 3.63) is 60.2 Å². The van der Waals surface area contributed by atoms with E-state index in [1.807, 2.05) is 18.2 Å². The smallest absolute Gasteiger partial charge is 0.232 e. The molecular formula is C21H28N2O4S. The van der Waals surface area contributed by atoms with Crippen LogP contribution in [0.5, 0.6) is 5.75 Å². The van der Waals surface area contributed by atoms with Crippen molar-refractivity contribution in [2.45, 2.75) is 25.7 Å². The van der Waals surface area contributed by atoms with Gasteiger partial charge in [0.2, 0.25) is 15.9 Å². The second-order valence-corrected chi connectivity index (χ2v) is 8.49. The molecule has 2 rings (SSSR count). The highest BCUT2D eigenvalue weighted by atomic mass is 32.2. The van der Waals surface area contributed by atoms with Gasteiger partial charge in [0, 0.05) is 25.6 Å². The molecule has 1 N–H and O–H groups in total. The highest BCUT2D eigenvalue weighted by Crippen LogP contribution is 2.23. The normalized spacial score (nSPS) is 11.1. The number of benzene rings is 2. The molecule has 0 spiro atoms. The summed E-state index contributed by atoms with van der Waals surface area (Å²) in [5.41, 5.74) is 1.78. The summed E-state index contributed by atoms with van der Waals surface area (Å²) in [6.07, 6.45) is 3.67. The number of sulfonamides is 1. The topological polar surface area (TPSA) is 75.7 Å². The van der Waals surface area contributed by atoms with Crippen LogP contribution >= 0.6 is 0 Å². The average Bonchev–Trinajstić information content (AvgIpc) is 2.68. The molecule has 0 unspecified atom stereocenters. The summed E-state index contributed by atoms with van der Waals surface area (Å²) in [4.78, 5) is 12.0. The second-order valence-electron chi connectivity index (χ2n) is 6.58. The fourth-order valence-corrected chi connectivity index (χ4v) is 3.85. The minimum atomic E-state index is -3.45. The molecule has 2 aromatic rings. The first kappa shape index (κ1) is 21.8. The van der Waals surface area contributed by atoms with Crippen LogP contribution in [-0.2, 0) is 21.2 Å². The van der Waals surface area contributed by atoms with Crippen molar-refractivity contribution < 1.29 is 17.9 Å². The van der Waals surface area contributed by atoms with Gasteiger partial charge in [-0.05, 0) is 37.0 Å². The molecule has 0 radical (unpaired) electrons. The maximum absolute atomic E-state index is 12.1. The van der Waals surface area contributed by atoms with Gasteiger partial charge in [-0.2, -0.15) is 0 Å². The van der Waals surface area contributed by atoms with E-state index in [9.17, 15) is 13.2 Å². The van der Waals surface area contributed by atoms with Crippen molar-refractivity contribution in [2.75, 3.05) is 30.8 Å². The van der Waals surface area contributed by atoms with Crippen LogP contribution in [0.25, 0.3) is 0 Å². The van der Waals surface area contributed by atoms with Crippen LogP contribution in [0.15, 0.2) is 54.6 Å². The molecule has 0 heterocycles. The number of anilines is 1. The lowest BCUT2D eigenvalue weighted by atomic mass is 10.1. The Morgan fingerprint density at radius 3 is 2.50 bits per heavy atom. The van der Waals surface area contributed by atoms with Crippen LogP contribution < -0.4 is 14.4 Å². The molecule has 28 heavy (non-hydrogen) atoms. The Bertz CT molecular complexity index is 854. The molecule has 0 bridgehead atoms. The zero-order chi connectivity index (χ0) is 20.4. The van der Waals surface area contributed by atoms with Gasteiger partial charge in [-0.15, -0.1) is 0 Å². The monoisotopic (exact) mass is 404 g/mol. The lowest BCUT2D eigenvalue weighted by Gasteiger charge is -2.22. The molecular weight excluding hydrogens is 376 g/mol. The highest BCUT2D eigenvalue weighted by molar-refractivity contribution is 7.92. The molecule has 0 aromatic heterocycles. The van der Waals surface area contributed by atoms with Gasteiger partial charge < -0.3 is 10.1 Å². The Balaban J connectivity index is 1.77. The first-order chi connectivity index (χ1) is 13.4. The maximum atomic E-state index is 12.1. The third-order valence-electron chi connectivity index (χ3n) is 4.31. The van der Waals surface area contributed by atoms with E-state index in [0.29, 0.717) is 24.4 Å². The van der Waals surface area contributed by atoms with Gasteiger partial charge >= 0.3 is 0 Å². The maximum Gasteiger partial charge on any atom is 0.232 e. The summed E-state index contributed by atoms with van der Waals surface area (Å²) in [7, 11) is -1.91. The van der Waals surface area contributed by atoms with Crippen LogP contribution in [0.2, 0.25) is 0 Å². The van der Waals surface area contributed by atoms with E-state index < -0.39 is 10.0 Å². The SMILES string of the molecule is COc1cccc(N(CCCC(=O)NCCCc2ccccc2)S(C)(=O)=O)c1. The number of hydrogen-bond acceptors (Lipinski definition) is 4. The van der Waals surface area contributed by atoms with E-state index in [-0.39, 0.29) is 18.9 Å². The number of nitrogens with zero attached hydrogens (tertiary/aromatic N) is 1. The van der Waals surface area contributed by atoms with E-state index in [1.54, 1.807) is 24.3 Å². The average molecular weight is 405 g/mol. The van der Waals surface area contributed by atoms with Crippen LogP contribution in [-0.4, -0.2) is 40.8 Å². The van der Waals surface area contributed by atoms with Gasteiger partial charge in [0.25, 0.3) is 0 Å². The van der Waals surface area contributed by atoms with Gasteiger partial charge in [0.15, 0.2) is 0 Å². The van der Waals surface area contributed by atoms with E-state index in [1.165, 1.54) is 17.0 Å². The van der Waals surface area contributed by atoms with Gasteiger partial charge in [-0.1, -0.05) is 36.4 Å². The summed E-state index contributed by atoms with van der Waals surface area (Å²) in [6, 6.07) is 17.0. The van der Waals surface area contributed by atoms with E-state index in [2.05, 4.69) is 17.4 Å². The third kappa shape index (κ3) is 7.23. The first-order valence-corrected chi connectivity index (χ1v) is 11.2. The Morgan fingerprint density at radius 1 is 1.07 bits per heavy atom. The van der Waals surface area contributed by atoms with Crippen LogP contribution in [0.1, 0.15) is 24.8 Å². The minimum Gasteiger partial charge on any atom is -0.497 e. The van der Waals surface area contributed by atoms with Gasteiger partial charge in [0.1, 0.15) is 5.75 Å². The predicted molar refractivity (Wildman–Crippen MR) is 112 cm³/mol. The zero-order valence-corrected chi connectivity index (χ0v) is 17.2. The van der Waals surface area contributed by atoms with E-state index in [0.717, 1.165) is 19.1 Å². The largest absolute Gasteiger partial charge is 0.497 e. The quantitative estimate of drug-likeness (QED) is 0.584. The fraction of sp³-hybridized carbons (Fsp3) is 0.381. The summed E-state index contributed by atoms with van der Waals surface area (Å²) in [6.45, 7) is 0.850. The van der Waals surface area contributed by atoms with Crippen molar-refractivity contribution in [1.82, 2.24) is 5.32 Å². The highest BCUT2D eigenvalue weighted by Gasteiger charge is 2.18. The fourth-order valence-electron chi connectivity index (χ4n) is 2.89. The molecule has 0 aliphatic carbocycles. The lowest BCUT2D eigenvalue weighted by Crippen LogP contribution is -2.32. The molecule has 0 aliphatic rings. The summed E-state index contributed by atoms with van der Waals surface area (Å²) >= 11 is 0. The van der Waals surface area contributed by atoms with Crippen LogP contribution in [0.4, 0.5) is 5.69 Å². The Labute approximate surface area is 167 Å². The first-order valence-electron chi connectivity index (χ1n) is 9.32. The van der Waals surface area contributed by atoms with Gasteiger partial charge in [-0.3, -0.25) is 9.10 Å². The summed E-state index contributed by atoms with van der Waals surface area (Å²) < 4.78 is 30.7. The molecule has 0 saturated carbocycles. The summed E-state index contributed by atoms with van der Waals surface area (Å²) in [5, 5.41) is 2.90. The number of ether oxygens (including phenoxy) is 1. The van der Waals surface area contributed by atoms with Crippen molar-refractivity contribution in [3.63, 3.8) is 0 Å². The molecule has 152 valence electrons. The minimum absolute atomic E-state index is 0.0628. The molecule has 0 atom stereocenters. The molecule has 7 heteroatoms.